The molecule has 2 aliphatic carbocycles. The van der Waals surface area contributed by atoms with Crippen LogP contribution in [-0.4, -0.2) is 14.5 Å². The molecule has 4 aromatic carbocycles. The molecule has 0 unspecified atom stereocenters. The number of para-hydroxylation sites is 2. The molecule has 0 saturated heterocycles. The summed E-state index contributed by atoms with van der Waals surface area (Å²) in [5.74, 6) is 2.41. The van der Waals surface area contributed by atoms with E-state index in [-0.39, 0.29) is 25.6 Å². The number of nitrogens with zero attached hydrogens (tertiary/aromatic N) is 3. The summed E-state index contributed by atoms with van der Waals surface area (Å²) in [6, 6.07) is 38.1. The molecule has 1 radical (unpaired) electrons. The maximum atomic E-state index is 6.13. The number of rotatable bonds is 4. The molecule has 2 saturated carbocycles. The Labute approximate surface area is 308 Å². The standard InChI is InChI=1S/C23H23N2.C22H18NO.Ir/c1-23(2)15-19(16-9-6-7-10-16)18-13-8-14-20-21(18)25(23)22(24-20)17-11-4-3-5-12-17;1-2-7-15(6-1)16-12-13-23-20(14-16)19-10-5-9-18-17-8-3-4-11-21(17)24-22(18)19;/h3-5,8,11,13-16H,6-7,9-10H2,1-2H3;3-5,8-9,11-15H,1-2,6-7H2;/q2*-1;. The van der Waals surface area contributed by atoms with Crippen LogP contribution >= 0.6 is 0 Å². The van der Waals surface area contributed by atoms with Gasteiger partial charge in [-0.2, -0.15) is 0 Å². The maximum absolute atomic E-state index is 6.13. The van der Waals surface area contributed by atoms with Crippen LogP contribution in [0.15, 0.2) is 108 Å². The third-order valence-corrected chi connectivity index (χ3v) is 11.0. The van der Waals surface area contributed by atoms with Gasteiger partial charge in [-0.15, -0.1) is 54.1 Å². The summed E-state index contributed by atoms with van der Waals surface area (Å²) in [4.78, 5) is 9.62. The van der Waals surface area contributed by atoms with Gasteiger partial charge >= 0.3 is 0 Å². The first kappa shape index (κ1) is 32.9. The Hall–Kier alpha value is -4.31. The first-order chi connectivity index (χ1) is 24.0. The fourth-order valence-corrected chi connectivity index (χ4v) is 8.71. The van der Waals surface area contributed by atoms with Gasteiger partial charge in [0.2, 0.25) is 0 Å². The molecule has 253 valence electrons. The van der Waals surface area contributed by atoms with E-state index < -0.39 is 0 Å². The van der Waals surface area contributed by atoms with Crippen molar-refractivity contribution in [1.29, 1.82) is 0 Å². The zero-order valence-corrected chi connectivity index (χ0v) is 31.1. The molecule has 0 N–H and O–H groups in total. The van der Waals surface area contributed by atoms with E-state index in [2.05, 4.69) is 96.2 Å². The van der Waals surface area contributed by atoms with Gasteiger partial charge in [0.25, 0.3) is 0 Å². The van der Waals surface area contributed by atoms with Crippen molar-refractivity contribution in [2.24, 2.45) is 5.92 Å². The summed E-state index contributed by atoms with van der Waals surface area (Å²) in [7, 11) is 0. The van der Waals surface area contributed by atoms with Crippen LogP contribution in [0.1, 0.15) is 82.3 Å². The summed E-state index contributed by atoms with van der Waals surface area (Å²) in [6.07, 6.45) is 15.1. The zero-order valence-electron chi connectivity index (χ0n) is 28.7. The number of benzene rings is 4. The molecule has 4 nitrogen and oxygen atoms in total. The van der Waals surface area contributed by atoms with Gasteiger partial charge in [-0.1, -0.05) is 84.7 Å². The van der Waals surface area contributed by atoms with Crippen LogP contribution in [0.5, 0.6) is 0 Å². The third kappa shape index (κ3) is 5.75. The summed E-state index contributed by atoms with van der Waals surface area (Å²) in [5.41, 5.74) is 11.4. The quantitative estimate of drug-likeness (QED) is 0.166. The van der Waals surface area contributed by atoms with Gasteiger partial charge in [0.1, 0.15) is 5.58 Å². The molecule has 1 aliphatic heterocycles. The van der Waals surface area contributed by atoms with E-state index in [1.807, 2.05) is 42.6 Å². The maximum Gasteiger partial charge on any atom is 0.120 e. The predicted molar refractivity (Wildman–Crippen MR) is 200 cm³/mol. The summed E-state index contributed by atoms with van der Waals surface area (Å²) in [6.45, 7) is 4.62. The third-order valence-electron chi connectivity index (χ3n) is 11.0. The molecule has 0 amide bonds. The normalized spacial score (nSPS) is 17.1. The second-order valence-electron chi connectivity index (χ2n) is 14.6. The van der Waals surface area contributed by atoms with Gasteiger partial charge in [-0.25, -0.2) is 0 Å². The Morgan fingerprint density at radius 1 is 0.780 bits per heavy atom. The van der Waals surface area contributed by atoms with E-state index >= 15 is 0 Å². The molecule has 7 aromatic rings. The van der Waals surface area contributed by atoms with Crippen molar-refractivity contribution in [2.75, 3.05) is 0 Å². The van der Waals surface area contributed by atoms with Crippen molar-refractivity contribution in [3.05, 3.63) is 127 Å². The summed E-state index contributed by atoms with van der Waals surface area (Å²) >= 11 is 0. The average Bonchev–Trinajstić information content (AvgIpc) is 3.97. The SMILES string of the molecule is CC1(C)C=C(C2CCCC2)c2cccc3nc(-c4[c-]cccc4)n1c23.[Ir].[c-]1ccc2c(oc3ccccc32)c1-c1cc(C2CCCC2)ccn1. The molecule has 0 bridgehead atoms. The van der Waals surface area contributed by atoms with Crippen molar-refractivity contribution in [1.82, 2.24) is 14.5 Å². The van der Waals surface area contributed by atoms with Crippen molar-refractivity contribution >= 4 is 38.5 Å². The number of furan rings is 1. The van der Waals surface area contributed by atoms with Crippen LogP contribution < -0.4 is 0 Å². The van der Waals surface area contributed by atoms with Crippen molar-refractivity contribution < 1.29 is 24.5 Å². The molecule has 0 spiro atoms. The van der Waals surface area contributed by atoms with E-state index in [0.717, 1.165) is 50.1 Å². The number of hydrogen-bond acceptors (Lipinski definition) is 3. The van der Waals surface area contributed by atoms with Crippen molar-refractivity contribution in [3.8, 4) is 22.6 Å². The number of hydrogen-bond donors (Lipinski definition) is 0. The van der Waals surface area contributed by atoms with E-state index in [1.165, 1.54) is 68.0 Å². The Kier molecular flexibility index (Phi) is 8.83. The fraction of sp³-hybridized carbons (Fsp3) is 0.289. The van der Waals surface area contributed by atoms with E-state index in [9.17, 15) is 0 Å². The van der Waals surface area contributed by atoms with E-state index in [4.69, 9.17) is 9.40 Å². The monoisotopic (exact) mass is 832 g/mol. The Morgan fingerprint density at radius 3 is 2.36 bits per heavy atom. The minimum Gasteiger partial charge on any atom is -0.501 e. The summed E-state index contributed by atoms with van der Waals surface area (Å²) < 4.78 is 8.55. The topological polar surface area (TPSA) is 43.9 Å². The van der Waals surface area contributed by atoms with Crippen LogP contribution in [0, 0.1) is 18.1 Å². The molecule has 50 heavy (non-hydrogen) atoms. The van der Waals surface area contributed by atoms with Crippen LogP contribution in [0.25, 0.3) is 61.2 Å². The largest absolute Gasteiger partial charge is 0.501 e. The Balaban J connectivity index is 0.000000142. The molecule has 2 fully saturated rings. The van der Waals surface area contributed by atoms with Crippen molar-refractivity contribution in [3.63, 3.8) is 0 Å². The van der Waals surface area contributed by atoms with Gasteiger partial charge in [-0.3, -0.25) is 4.98 Å². The zero-order chi connectivity index (χ0) is 33.0. The van der Waals surface area contributed by atoms with Gasteiger partial charge in [0.15, 0.2) is 0 Å². The molecular formula is C45H41IrN3O-2. The van der Waals surface area contributed by atoms with E-state index in [1.54, 1.807) is 5.57 Å². The number of allylic oxidation sites excluding steroid dienone is 2. The van der Waals surface area contributed by atoms with Crippen LogP contribution in [0.4, 0.5) is 0 Å². The first-order valence-electron chi connectivity index (χ1n) is 18.1. The smallest absolute Gasteiger partial charge is 0.120 e. The van der Waals surface area contributed by atoms with Crippen LogP contribution in [0.2, 0.25) is 0 Å². The molecule has 3 aromatic heterocycles. The second-order valence-corrected chi connectivity index (χ2v) is 14.6. The average molecular weight is 832 g/mol. The first-order valence-corrected chi connectivity index (χ1v) is 18.1. The molecule has 4 heterocycles. The fourth-order valence-electron chi connectivity index (χ4n) is 8.71. The molecule has 3 aliphatic rings. The second kappa shape index (κ2) is 13.4. The minimum absolute atomic E-state index is 0. The number of imidazole rings is 1. The van der Waals surface area contributed by atoms with Gasteiger partial charge in [0, 0.05) is 37.3 Å². The predicted octanol–water partition coefficient (Wildman–Crippen LogP) is 11.9. The van der Waals surface area contributed by atoms with Crippen LogP contribution in [-0.2, 0) is 25.6 Å². The molecular weight excluding hydrogens is 791 g/mol. The van der Waals surface area contributed by atoms with Crippen LogP contribution in [0.3, 0.4) is 0 Å². The minimum atomic E-state index is -0.0833. The summed E-state index contributed by atoms with van der Waals surface area (Å²) in [5, 5.41) is 2.28. The number of aromatic nitrogens is 3. The molecule has 10 rings (SSSR count). The number of pyridine rings is 1. The molecule has 5 heteroatoms. The van der Waals surface area contributed by atoms with E-state index in [0.29, 0.717) is 11.8 Å². The van der Waals surface area contributed by atoms with Gasteiger partial charge in [0.05, 0.1) is 28.0 Å². The molecule has 0 atom stereocenters. The van der Waals surface area contributed by atoms with Gasteiger partial charge < -0.3 is 14.0 Å². The van der Waals surface area contributed by atoms with Gasteiger partial charge in [-0.05, 0) is 80.8 Å². The Morgan fingerprint density at radius 2 is 1.56 bits per heavy atom. The Bertz CT molecular complexity index is 2340. The number of fused-ring (bicyclic) bond motifs is 3. The van der Waals surface area contributed by atoms with Crippen molar-refractivity contribution in [2.45, 2.75) is 76.7 Å².